The van der Waals surface area contributed by atoms with E-state index in [1.807, 2.05) is 0 Å². The third-order valence-corrected chi connectivity index (χ3v) is 3.94. The van der Waals surface area contributed by atoms with Crippen LogP contribution in [0.5, 0.6) is 17.2 Å². The molecule has 1 aliphatic rings. The van der Waals surface area contributed by atoms with E-state index in [9.17, 15) is 27.2 Å². The third kappa shape index (κ3) is 3.55. The molecule has 0 aliphatic carbocycles. The first-order valence-corrected chi connectivity index (χ1v) is 7.66. The van der Waals surface area contributed by atoms with Crippen LogP contribution in [0.4, 0.5) is 17.6 Å². The summed E-state index contributed by atoms with van der Waals surface area (Å²) in [7, 11) is 1.09. The number of halogens is 5. The van der Waals surface area contributed by atoms with Gasteiger partial charge in [-0.2, -0.15) is 13.2 Å². The van der Waals surface area contributed by atoms with E-state index < -0.39 is 46.2 Å². The van der Waals surface area contributed by atoms with Crippen LogP contribution in [-0.4, -0.2) is 25.0 Å². The molecule has 142 valence electrons. The highest BCUT2D eigenvalue weighted by molar-refractivity contribution is 6.32. The zero-order valence-electron chi connectivity index (χ0n) is 13.4. The highest BCUT2D eigenvalue weighted by Crippen LogP contribution is 2.40. The van der Waals surface area contributed by atoms with E-state index >= 15 is 0 Å². The van der Waals surface area contributed by atoms with Crippen LogP contribution in [0.2, 0.25) is 5.02 Å². The number of carbonyl (C=O) groups excluding carboxylic acids is 2. The van der Waals surface area contributed by atoms with Crippen LogP contribution >= 0.6 is 11.6 Å². The molecule has 0 bridgehead atoms. The molecule has 0 N–H and O–H groups in total. The lowest BCUT2D eigenvalue weighted by Gasteiger charge is -2.12. The average molecular weight is 405 g/mol. The fraction of sp³-hybridized carbons (Fsp3) is 0.176. The predicted molar refractivity (Wildman–Crippen MR) is 83.7 cm³/mol. The molecular formula is C17H9ClF4O5. The summed E-state index contributed by atoms with van der Waals surface area (Å²) in [6.45, 7) is 0. The molecule has 2 aromatic rings. The van der Waals surface area contributed by atoms with Gasteiger partial charge in [-0.15, -0.1) is 0 Å². The molecule has 2 aromatic carbocycles. The van der Waals surface area contributed by atoms with Gasteiger partial charge in [-0.05, 0) is 30.3 Å². The van der Waals surface area contributed by atoms with Gasteiger partial charge in [0.1, 0.15) is 11.5 Å². The van der Waals surface area contributed by atoms with Crippen molar-refractivity contribution in [2.24, 2.45) is 0 Å². The second-order valence-electron chi connectivity index (χ2n) is 5.41. The molecule has 0 radical (unpaired) electrons. The summed E-state index contributed by atoms with van der Waals surface area (Å²) in [5.41, 5.74) is -1.29. The first kappa shape index (κ1) is 19.0. The maximum absolute atomic E-state index is 14.0. The zero-order chi connectivity index (χ0) is 19.9. The number of alkyl halides is 3. The van der Waals surface area contributed by atoms with Gasteiger partial charge in [0.05, 0.1) is 23.3 Å². The summed E-state index contributed by atoms with van der Waals surface area (Å²) in [5.74, 6) is -3.55. The molecule has 27 heavy (non-hydrogen) atoms. The van der Waals surface area contributed by atoms with Crippen LogP contribution < -0.4 is 9.47 Å². The molecule has 1 heterocycles. The number of methoxy groups -OCH3 is 1. The highest BCUT2D eigenvalue weighted by Gasteiger charge is 2.39. The van der Waals surface area contributed by atoms with Crippen LogP contribution in [0.3, 0.4) is 0 Å². The lowest BCUT2D eigenvalue weighted by atomic mass is 10.1. The lowest BCUT2D eigenvalue weighted by Crippen LogP contribution is -2.31. The highest BCUT2D eigenvalue weighted by atomic mass is 35.5. The zero-order valence-corrected chi connectivity index (χ0v) is 14.2. The summed E-state index contributed by atoms with van der Waals surface area (Å²) in [4.78, 5) is 23.7. The Hall–Kier alpha value is -2.81. The summed E-state index contributed by atoms with van der Waals surface area (Å²) in [5, 5.41) is -0.599. The quantitative estimate of drug-likeness (QED) is 0.431. The molecule has 0 saturated heterocycles. The minimum atomic E-state index is -4.77. The summed E-state index contributed by atoms with van der Waals surface area (Å²) in [6, 6.07) is 4.50. The number of hydrogen-bond acceptors (Lipinski definition) is 5. The predicted octanol–water partition coefficient (Wildman–Crippen LogP) is 4.41. The molecule has 0 fully saturated rings. The van der Waals surface area contributed by atoms with E-state index in [2.05, 4.69) is 4.74 Å². The molecule has 10 heteroatoms. The molecule has 1 aliphatic heterocycles. The van der Waals surface area contributed by atoms with Crippen molar-refractivity contribution in [3.63, 3.8) is 0 Å². The number of Topliss-reactive ketones (excluding diaryl/α,β-unsaturated/α-hetero) is 1. The Bertz CT molecular complexity index is 918. The largest absolute Gasteiger partial charge is 0.470 e. The number of ether oxygens (including phenoxy) is 3. The van der Waals surface area contributed by atoms with Gasteiger partial charge < -0.3 is 14.2 Å². The molecule has 0 aromatic heterocycles. The number of fused-ring (bicyclic) bond motifs is 1. The molecule has 0 saturated carbocycles. The second-order valence-corrected chi connectivity index (χ2v) is 5.82. The van der Waals surface area contributed by atoms with Crippen LogP contribution in [0.1, 0.15) is 15.9 Å². The van der Waals surface area contributed by atoms with Gasteiger partial charge in [0.25, 0.3) is 6.10 Å². The van der Waals surface area contributed by atoms with Crippen LogP contribution in [0, 0.1) is 5.82 Å². The van der Waals surface area contributed by atoms with Crippen molar-refractivity contribution in [2.45, 2.75) is 12.3 Å². The summed E-state index contributed by atoms with van der Waals surface area (Å²) < 4.78 is 66.9. The monoisotopic (exact) mass is 404 g/mol. The lowest BCUT2D eigenvalue weighted by molar-refractivity contribution is -0.146. The Labute approximate surface area is 154 Å². The Balaban J connectivity index is 1.90. The van der Waals surface area contributed by atoms with Crippen molar-refractivity contribution in [3.8, 4) is 17.2 Å². The maximum atomic E-state index is 14.0. The first-order valence-electron chi connectivity index (χ1n) is 7.28. The van der Waals surface area contributed by atoms with Gasteiger partial charge in [-0.1, -0.05) is 11.6 Å². The van der Waals surface area contributed by atoms with Crippen molar-refractivity contribution >= 4 is 23.4 Å². The van der Waals surface area contributed by atoms with Crippen LogP contribution in [-0.2, 0) is 15.7 Å². The molecule has 0 spiro atoms. The van der Waals surface area contributed by atoms with Crippen molar-refractivity contribution in [2.75, 3.05) is 7.11 Å². The van der Waals surface area contributed by atoms with Crippen molar-refractivity contribution in [1.29, 1.82) is 0 Å². The van der Waals surface area contributed by atoms with E-state index in [4.69, 9.17) is 21.1 Å². The van der Waals surface area contributed by atoms with Crippen molar-refractivity contribution in [3.05, 3.63) is 52.3 Å². The summed E-state index contributed by atoms with van der Waals surface area (Å²) in [6.07, 6.45) is -6.24. The van der Waals surface area contributed by atoms with E-state index in [-0.39, 0.29) is 23.1 Å². The van der Waals surface area contributed by atoms with Gasteiger partial charge in [0, 0.05) is 0 Å². The second kappa shape index (κ2) is 6.73. The Morgan fingerprint density at radius 2 is 1.93 bits per heavy atom. The number of carbonyl (C=O) groups is 2. The van der Waals surface area contributed by atoms with E-state index in [1.165, 1.54) is 12.1 Å². The molecule has 1 unspecified atom stereocenters. The van der Waals surface area contributed by atoms with Crippen molar-refractivity contribution < 1.29 is 41.4 Å². The van der Waals surface area contributed by atoms with Gasteiger partial charge >= 0.3 is 12.1 Å². The maximum Gasteiger partial charge on any atom is 0.416 e. The van der Waals surface area contributed by atoms with E-state index in [0.717, 1.165) is 13.2 Å². The average Bonchev–Trinajstić information content (AvgIpc) is 2.93. The van der Waals surface area contributed by atoms with Gasteiger partial charge in [0.15, 0.2) is 11.6 Å². The van der Waals surface area contributed by atoms with E-state index in [1.54, 1.807) is 0 Å². The third-order valence-electron chi connectivity index (χ3n) is 3.66. The van der Waals surface area contributed by atoms with E-state index in [0.29, 0.717) is 6.07 Å². The van der Waals surface area contributed by atoms with Crippen molar-refractivity contribution in [1.82, 2.24) is 0 Å². The molecular weight excluding hydrogens is 396 g/mol. The Morgan fingerprint density at radius 3 is 2.52 bits per heavy atom. The molecule has 3 rings (SSSR count). The SMILES string of the molecule is COC(=O)C1Oc2ccc(Oc3c(F)cc(C(F)(F)F)cc3Cl)cc2C1=O. The fourth-order valence-electron chi connectivity index (χ4n) is 2.39. The van der Waals surface area contributed by atoms with Gasteiger partial charge in [-0.3, -0.25) is 4.79 Å². The minimum Gasteiger partial charge on any atom is -0.470 e. The molecule has 5 nitrogen and oxygen atoms in total. The fourth-order valence-corrected chi connectivity index (χ4v) is 2.64. The smallest absolute Gasteiger partial charge is 0.416 e. The minimum absolute atomic E-state index is 0.0219. The molecule has 0 amide bonds. The number of rotatable bonds is 3. The molecule has 1 atom stereocenters. The number of ketones is 1. The Kier molecular flexibility index (Phi) is 4.73. The standard InChI is InChI=1S/C17H9ClF4O5/c1-25-16(24)15-13(23)9-6-8(2-3-12(9)27-15)26-14-10(18)4-7(5-11(14)19)17(20,21)22/h2-6,15H,1H3. The Morgan fingerprint density at radius 1 is 1.22 bits per heavy atom. The normalized spacial score (nSPS) is 15.9. The van der Waals surface area contributed by atoms with Gasteiger partial charge in [0.2, 0.25) is 5.78 Å². The summed E-state index contributed by atoms with van der Waals surface area (Å²) >= 11 is 5.70. The first-order chi connectivity index (χ1) is 12.6. The topological polar surface area (TPSA) is 61.8 Å². The van der Waals surface area contributed by atoms with Crippen LogP contribution in [0.15, 0.2) is 30.3 Å². The number of benzene rings is 2. The van der Waals surface area contributed by atoms with Crippen LogP contribution in [0.25, 0.3) is 0 Å². The van der Waals surface area contributed by atoms with Gasteiger partial charge in [-0.25, -0.2) is 9.18 Å². The number of esters is 1. The number of hydrogen-bond donors (Lipinski definition) is 0.